The van der Waals surface area contributed by atoms with Gasteiger partial charge in [-0.2, -0.15) is 0 Å². The first-order chi connectivity index (χ1) is 10.9. The molecule has 1 fully saturated rings. The molecular weight excluding hydrogens is 328 g/mol. The molecule has 24 heavy (non-hydrogen) atoms. The van der Waals surface area contributed by atoms with Crippen LogP contribution < -0.4 is 21.7 Å². The van der Waals surface area contributed by atoms with E-state index in [2.05, 4.69) is 16.0 Å². The normalized spacial score (nSPS) is 19.5. The fourth-order valence-electron chi connectivity index (χ4n) is 2.72. The van der Waals surface area contributed by atoms with E-state index in [0.717, 1.165) is 30.5 Å². The molecule has 1 aromatic carbocycles. The molecule has 1 aliphatic rings. The van der Waals surface area contributed by atoms with Crippen LogP contribution in [0.25, 0.3) is 0 Å². The van der Waals surface area contributed by atoms with Crippen molar-refractivity contribution in [3.05, 3.63) is 29.8 Å². The van der Waals surface area contributed by atoms with Crippen LogP contribution in [0.5, 0.6) is 0 Å². The Bertz CT molecular complexity index is 548. The summed E-state index contributed by atoms with van der Waals surface area (Å²) >= 11 is 0. The summed E-state index contributed by atoms with van der Waals surface area (Å²) in [6.07, 6.45) is 2.58. The summed E-state index contributed by atoms with van der Waals surface area (Å²) in [5.74, 6) is 0.127. The standard InChI is InChI=1S/C17H26N4O2.ClH/c1-11(2)20-17(23)21-15-7-3-12(4-8-15)10-19-16(22)13-5-6-14(18)9-13;/h3-4,7-8,11,13-14H,5-6,9-10,18H2,1-2H3,(H,19,22)(H2,20,21,23);1H. The number of urea groups is 1. The maximum Gasteiger partial charge on any atom is 0.319 e. The van der Waals surface area contributed by atoms with Gasteiger partial charge in [-0.3, -0.25) is 4.79 Å². The third kappa shape index (κ3) is 6.37. The smallest absolute Gasteiger partial charge is 0.319 e. The fraction of sp³-hybridized carbons (Fsp3) is 0.529. The van der Waals surface area contributed by atoms with Gasteiger partial charge in [0, 0.05) is 30.2 Å². The Morgan fingerprint density at radius 2 is 1.88 bits per heavy atom. The Morgan fingerprint density at radius 1 is 1.21 bits per heavy atom. The van der Waals surface area contributed by atoms with Crippen LogP contribution in [0.15, 0.2) is 24.3 Å². The molecular formula is C17H27ClN4O2. The number of hydrogen-bond acceptors (Lipinski definition) is 3. The van der Waals surface area contributed by atoms with Crippen molar-refractivity contribution < 1.29 is 9.59 Å². The lowest BCUT2D eigenvalue weighted by molar-refractivity contribution is -0.125. The van der Waals surface area contributed by atoms with Gasteiger partial charge >= 0.3 is 6.03 Å². The zero-order chi connectivity index (χ0) is 16.8. The number of nitrogens with two attached hydrogens (primary N) is 1. The zero-order valence-corrected chi connectivity index (χ0v) is 15.0. The molecule has 2 rings (SSSR count). The van der Waals surface area contributed by atoms with Crippen molar-refractivity contribution in [1.82, 2.24) is 10.6 Å². The summed E-state index contributed by atoms with van der Waals surface area (Å²) in [6.45, 7) is 4.30. The number of nitrogens with one attached hydrogen (secondary N) is 3. The molecule has 7 heteroatoms. The Kier molecular flexibility index (Phi) is 8.01. The first-order valence-electron chi connectivity index (χ1n) is 8.14. The number of carbonyl (C=O) groups is 2. The van der Waals surface area contributed by atoms with E-state index in [0.29, 0.717) is 6.54 Å². The van der Waals surface area contributed by atoms with Crippen LogP contribution in [-0.4, -0.2) is 24.0 Å². The number of benzene rings is 1. The van der Waals surface area contributed by atoms with E-state index >= 15 is 0 Å². The third-order valence-electron chi connectivity index (χ3n) is 3.94. The van der Waals surface area contributed by atoms with Crippen molar-refractivity contribution in [1.29, 1.82) is 0 Å². The van der Waals surface area contributed by atoms with Gasteiger partial charge < -0.3 is 21.7 Å². The number of anilines is 1. The van der Waals surface area contributed by atoms with Gasteiger partial charge in [0.1, 0.15) is 0 Å². The largest absolute Gasteiger partial charge is 0.352 e. The second-order valence-electron chi connectivity index (χ2n) is 6.44. The molecule has 0 aliphatic heterocycles. The van der Waals surface area contributed by atoms with E-state index in [9.17, 15) is 9.59 Å². The predicted molar refractivity (Wildman–Crippen MR) is 98.1 cm³/mol. The van der Waals surface area contributed by atoms with Crippen LogP contribution in [0.3, 0.4) is 0 Å². The van der Waals surface area contributed by atoms with Crippen molar-refractivity contribution in [2.45, 2.75) is 51.7 Å². The summed E-state index contributed by atoms with van der Waals surface area (Å²) in [7, 11) is 0. The number of amides is 3. The molecule has 0 bridgehead atoms. The summed E-state index contributed by atoms with van der Waals surface area (Å²) in [5.41, 5.74) is 7.56. The highest BCUT2D eigenvalue weighted by atomic mass is 35.5. The Morgan fingerprint density at radius 3 is 2.42 bits per heavy atom. The number of rotatable bonds is 5. The van der Waals surface area contributed by atoms with Crippen LogP contribution in [0, 0.1) is 5.92 Å². The van der Waals surface area contributed by atoms with Crippen LogP contribution >= 0.6 is 12.4 Å². The number of hydrogen-bond donors (Lipinski definition) is 4. The van der Waals surface area contributed by atoms with Gasteiger partial charge in [0.15, 0.2) is 0 Å². The second kappa shape index (κ2) is 9.49. The van der Waals surface area contributed by atoms with Crippen molar-refractivity contribution in [3.63, 3.8) is 0 Å². The van der Waals surface area contributed by atoms with Crippen molar-refractivity contribution in [3.8, 4) is 0 Å². The van der Waals surface area contributed by atoms with Gasteiger partial charge in [0.25, 0.3) is 0 Å². The molecule has 1 aliphatic carbocycles. The summed E-state index contributed by atoms with van der Waals surface area (Å²) in [6, 6.07) is 7.47. The lowest BCUT2D eigenvalue weighted by atomic mass is 10.1. The Balaban J connectivity index is 0.00000288. The molecule has 0 spiro atoms. The molecule has 2 unspecified atom stereocenters. The Labute approximate surface area is 149 Å². The average molecular weight is 355 g/mol. The molecule has 1 saturated carbocycles. The number of carbonyl (C=O) groups excluding carboxylic acids is 2. The number of halogens is 1. The molecule has 3 amide bonds. The summed E-state index contributed by atoms with van der Waals surface area (Å²) in [4.78, 5) is 23.7. The van der Waals surface area contributed by atoms with Crippen LogP contribution in [0.4, 0.5) is 10.5 Å². The van der Waals surface area contributed by atoms with Gasteiger partial charge in [0.05, 0.1) is 0 Å². The quantitative estimate of drug-likeness (QED) is 0.653. The Hall–Kier alpha value is -1.79. The predicted octanol–water partition coefficient (Wildman–Crippen LogP) is 2.38. The zero-order valence-electron chi connectivity index (χ0n) is 14.2. The minimum Gasteiger partial charge on any atom is -0.352 e. The van der Waals surface area contributed by atoms with Gasteiger partial charge in [-0.1, -0.05) is 12.1 Å². The molecule has 6 nitrogen and oxygen atoms in total. The van der Waals surface area contributed by atoms with Crippen molar-refractivity contribution >= 4 is 30.0 Å². The van der Waals surface area contributed by atoms with Crippen LogP contribution in [0.1, 0.15) is 38.7 Å². The molecule has 0 saturated heterocycles. The average Bonchev–Trinajstić information content (AvgIpc) is 2.92. The van der Waals surface area contributed by atoms with Crippen molar-refractivity contribution in [2.75, 3.05) is 5.32 Å². The minimum absolute atomic E-state index is 0. The molecule has 0 aromatic heterocycles. The van der Waals surface area contributed by atoms with Crippen molar-refractivity contribution in [2.24, 2.45) is 11.7 Å². The molecule has 0 heterocycles. The van der Waals surface area contributed by atoms with Gasteiger partial charge in [-0.25, -0.2) is 4.79 Å². The molecule has 0 radical (unpaired) electrons. The topological polar surface area (TPSA) is 96.2 Å². The maximum absolute atomic E-state index is 12.0. The first kappa shape index (κ1) is 20.3. The van der Waals surface area contributed by atoms with Crippen LogP contribution in [0.2, 0.25) is 0 Å². The lowest BCUT2D eigenvalue weighted by Crippen LogP contribution is -2.34. The molecule has 5 N–H and O–H groups in total. The second-order valence-corrected chi connectivity index (χ2v) is 6.44. The van der Waals surface area contributed by atoms with Gasteiger partial charge in [0.2, 0.25) is 5.91 Å². The van der Waals surface area contributed by atoms with Gasteiger partial charge in [-0.05, 0) is 50.8 Å². The first-order valence-corrected chi connectivity index (χ1v) is 8.14. The molecule has 134 valence electrons. The minimum atomic E-state index is -0.223. The third-order valence-corrected chi connectivity index (χ3v) is 3.94. The van der Waals surface area contributed by atoms with Crippen LogP contribution in [-0.2, 0) is 11.3 Å². The lowest BCUT2D eigenvalue weighted by Gasteiger charge is -2.12. The monoisotopic (exact) mass is 354 g/mol. The fourth-order valence-corrected chi connectivity index (χ4v) is 2.72. The SMILES string of the molecule is CC(C)NC(=O)Nc1ccc(CNC(=O)C2CCC(N)C2)cc1.Cl. The molecule has 2 atom stereocenters. The van der Waals surface area contributed by atoms with E-state index < -0.39 is 0 Å². The highest BCUT2D eigenvalue weighted by Gasteiger charge is 2.27. The summed E-state index contributed by atoms with van der Waals surface area (Å²) in [5, 5.41) is 8.48. The van der Waals surface area contributed by atoms with E-state index in [-0.39, 0.29) is 42.3 Å². The highest BCUT2D eigenvalue weighted by molar-refractivity contribution is 5.89. The van der Waals surface area contributed by atoms with E-state index in [1.54, 1.807) is 0 Å². The van der Waals surface area contributed by atoms with E-state index in [4.69, 9.17) is 5.73 Å². The van der Waals surface area contributed by atoms with E-state index in [1.807, 2.05) is 38.1 Å². The highest BCUT2D eigenvalue weighted by Crippen LogP contribution is 2.24. The maximum atomic E-state index is 12.0. The van der Waals surface area contributed by atoms with E-state index in [1.165, 1.54) is 0 Å². The summed E-state index contributed by atoms with van der Waals surface area (Å²) < 4.78 is 0. The van der Waals surface area contributed by atoms with Gasteiger partial charge in [-0.15, -0.1) is 12.4 Å². The molecule has 1 aromatic rings.